The second kappa shape index (κ2) is 5.19. The maximum atomic E-state index is 11.5. The quantitative estimate of drug-likeness (QED) is 0.755. The van der Waals surface area contributed by atoms with E-state index in [0.29, 0.717) is 6.42 Å². The molecule has 1 amide bonds. The van der Waals surface area contributed by atoms with E-state index in [1.807, 2.05) is 19.2 Å². The van der Waals surface area contributed by atoms with Crippen molar-refractivity contribution in [3.05, 3.63) is 23.8 Å². The number of nitrogens with zero attached hydrogens (tertiary/aromatic N) is 1. The third-order valence-electron chi connectivity index (χ3n) is 3.12. The third kappa shape index (κ3) is 2.58. The fourth-order valence-electron chi connectivity index (χ4n) is 2.08. The first-order chi connectivity index (χ1) is 8.22. The number of amides is 1. The summed E-state index contributed by atoms with van der Waals surface area (Å²) in [5.74, 6) is 0.167. The van der Waals surface area contributed by atoms with Gasteiger partial charge in [-0.3, -0.25) is 4.79 Å². The maximum Gasteiger partial charge on any atom is 0.231 e. The fraction of sp³-hybridized carbons (Fsp3) is 0.462. The van der Waals surface area contributed by atoms with Gasteiger partial charge in [0.1, 0.15) is 0 Å². The molecule has 3 N–H and O–H groups in total. The number of hydrogen-bond donors (Lipinski definition) is 2. The number of unbranched alkanes of at least 4 members (excludes halogenated alkanes) is 1. The average Bonchev–Trinajstić information content (AvgIpc) is 2.61. The van der Waals surface area contributed by atoms with Gasteiger partial charge in [-0.05, 0) is 43.1 Å². The van der Waals surface area contributed by atoms with Gasteiger partial charge in [-0.25, -0.2) is 0 Å². The van der Waals surface area contributed by atoms with Gasteiger partial charge in [0.25, 0.3) is 0 Å². The van der Waals surface area contributed by atoms with Crippen LogP contribution in [0.2, 0.25) is 0 Å². The molecule has 4 nitrogen and oxygen atoms in total. The first-order valence-corrected chi connectivity index (χ1v) is 6.06. The Morgan fingerprint density at radius 2 is 2.24 bits per heavy atom. The molecule has 0 atom stereocenters. The SMILES string of the molecule is CN1C(=O)Cc2cc(NCCCCN)ccc21. The Balaban J connectivity index is 1.98. The average molecular weight is 233 g/mol. The smallest absolute Gasteiger partial charge is 0.231 e. The van der Waals surface area contributed by atoms with Crippen LogP contribution in [0.1, 0.15) is 18.4 Å². The number of nitrogens with two attached hydrogens (primary N) is 1. The second-order valence-corrected chi connectivity index (χ2v) is 4.40. The molecule has 1 aromatic carbocycles. The molecule has 0 spiro atoms. The zero-order valence-electron chi connectivity index (χ0n) is 10.2. The number of carbonyl (C=O) groups excluding carboxylic acids is 1. The van der Waals surface area contributed by atoms with Crippen molar-refractivity contribution < 1.29 is 4.79 Å². The summed E-state index contributed by atoms with van der Waals surface area (Å²) in [6.07, 6.45) is 2.63. The molecular weight excluding hydrogens is 214 g/mol. The molecule has 2 rings (SSSR count). The van der Waals surface area contributed by atoms with Gasteiger partial charge >= 0.3 is 0 Å². The van der Waals surface area contributed by atoms with E-state index < -0.39 is 0 Å². The molecule has 92 valence electrons. The van der Waals surface area contributed by atoms with Crippen molar-refractivity contribution in [1.82, 2.24) is 0 Å². The van der Waals surface area contributed by atoms with Crippen LogP contribution in [-0.2, 0) is 11.2 Å². The Kier molecular flexibility index (Phi) is 3.64. The van der Waals surface area contributed by atoms with Crippen LogP contribution in [0.5, 0.6) is 0 Å². The molecule has 0 unspecified atom stereocenters. The molecule has 17 heavy (non-hydrogen) atoms. The van der Waals surface area contributed by atoms with E-state index in [0.717, 1.165) is 42.9 Å². The van der Waals surface area contributed by atoms with Gasteiger partial charge in [0.15, 0.2) is 0 Å². The monoisotopic (exact) mass is 233 g/mol. The number of fused-ring (bicyclic) bond motifs is 1. The number of likely N-dealkylation sites (N-methyl/N-ethyl adjacent to an activating group) is 1. The van der Waals surface area contributed by atoms with Crippen molar-refractivity contribution in [1.29, 1.82) is 0 Å². The van der Waals surface area contributed by atoms with E-state index >= 15 is 0 Å². The Morgan fingerprint density at radius 1 is 1.41 bits per heavy atom. The minimum absolute atomic E-state index is 0.167. The van der Waals surface area contributed by atoms with Crippen LogP contribution in [0.3, 0.4) is 0 Å². The van der Waals surface area contributed by atoms with E-state index in [1.165, 1.54) is 0 Å². The lowest BCUT2D eigenvalue weighted by Crippen LogP contribution is -2.20. The summed E-state index contributed by atoms with van der Waals surface area (Å²) in [4.78, 5) is 13.2. The van der Waals surface area contributed by atoms with Crippen molar-refractivity contribution in [3.63, 3.8) is 0 Å². The van der Waals surface area contributed by atoms with E-state index in [-0.39, 0.29) is 5.91 Å². The topological polar surface area (TPSA) is 58.4 Å². The van der Waals surface area contributed by atoms with Crippen LogP contribution in [0.15, 0.2) is 18.2 Å². The van der Waals surface area contributed by atoms with Gasteiger partial charge < -0.3 is 16.0 Å². The standard InChI is InChI=1S/C13H19N3O/c1-16-12-5-4-11(15-7-3-2-6-14)8-10(12)9-13(16)17/h4-5,8,15H,2-3,6-7,9,14H2,1H3. The molecule has 0 saturated carbocycles. The van der Waals surface area contributed by atoms with Crippen LogP contribution in [-0.4, -0.2) is 26.0 Å². The van der Waals surface area contributed by atoms with Gasteiger partial charge in [0, 0.05) is 25.0 Å². The van der Waals surface area contributed by atoms with E-state index in [9.17, 15) is 4.79 Å². The number of benzene rings is 1. The minimum atomic E-state index is 0.167. The normalized spacial score (nSPS) is 14.0. The van der Waals surface area contributed by atoms with E-state index in [4.69, 9.17) is 5.73 Å². The highest BCUT2D eigenvalue weighted by atomic mass is 16.2. The summed E-state index contributed by atoms with van der Waals surface area (Å²) in [5, 5.41) is 3.35. The highest BCUT2D eigenvalue weighted by molar-refractivity contribution is 6.01. The van der Waals surface area contributed by atoms with Crippen LogP contribution in [0.4, 0.5) is 11.4 Å². The molecule has 1 aliphatic rings. The third-order valence-corrected chi connectivity index (χ3v) is 3.12. The highest BCUT2D eigenvalue weighted by Crippen LogP contribution is 2.29. The number of rotatable bonds is 5. The zero-order valence-corrected chi connectivity index (χ0v) is 10.2. The lowest BCUT2D eigenvalue weighted by Gasteiger charge is -2.11. The molecule has 0 bridgehead atoms. The summed E-state index contributed by atoms with van der Waals surface area (Å²) in [5.41, 5.74) is 8.67. The number of hydrogen-bond acceptors (Lipinski definition) is 3. The Bertz CT molecular complexity index is 417. The number of carbonyl (C=O) groups is 1. The summed E-state index contributed by atoms with van der Waals surface area (Å²) >= 11 is 0. The number of anilines is 2. The summed E-state index contributed by atoms with van der Waals surface area (Å²) in [6, 6.07) is 6.10. The van der Waals surface area contributed by atoms with Crippen LogP contribution in [0, 0.1) is 0 Å². The highest BCUT2D eigenvalue weighted by Gasteiger charge is 2.23. The zero-order chi connectivity index (χ0) is 12.3. The van der Waals surface area contributed by atoms with Crippen molar-refractivity contribution in [3.8, 4) is 0 Å². The van der Waals surface area contributed by atoms with Gasteiger partial charge in [-0.15, -0.1) is 0 Å². The van der Waals surface area contributed by atoms with Crippen molar-refractivity contribution in [2.24, 2.45) is 5.73 Å². The maximum absolute atomic E-state index is 11.5. The predicted molar refractivity (Wildman–Crippen MR) is 70.3 cm³/mol. The molecule has 0 radical (unpaired) electrons. The van der Waals surface area contributed by atoms with Crippen LogP contribution < -0.4 is 16.0 Å². The molecule has 0 aliphatic carbocycles. The lowest BCUT2D eigenvalue weighted by atomic mass is 10.1. The largest absolute Gasteiger partial charge is 0.385 e. The molecule has 0 fully saturated rings. The Hall–Kier alpha value is -1.55. The predicted octanol–water partition coefficient (Wildman–Crippen LogP) is 1.36. The van der Waals surface area contributed by atoms with Gasteiger partial charge in [-0.2, -0.15) is 0 Å². The van der Waals surface area contributed by atoms with Crippen molar-refractivity contribution in [2.45, 2.75) is 19.3 Å². The summed E-state index contributed by atoms with van der Waals surface area (Å²) in [7, 11) is 1.82. The fourth-order valence-corrected chi connectivity index (χ4v) is 2.08. The molecular formula is C13H19N3O. The molecule has 1 aliphatic heterocycles. The minimum Gasteiger partial charge on any atom is -0.385 e. The molecule has 1 aromatic rings. The summed E-state index contributed by atoms with van der Waals surface area (Å²) < 4.78 is 0. The van der Waals surface area contributed by atoms with Crippen LogP contribution in [0.25, 0.3) is 0 Å². The van der Waals surface area contributed by atoms with Crippen molar-refractivity contribution >= 4 is 17.3 Å². The van der Waals surface area contributed by atoms with Gasteiger partial charge in [-0.1, -0.05) is 0 Å². The lowest BCUT2D eigenvalue weighted by molar-refractivity contribution is -0.117. The first kappa shape index (κ1) is 11.9. The molecule has 0 aromatic heterocycles. The molecule has 4 heteroatoms. The second-order valence-electron chi connectivity index (χ2n) is 4.40. The van der Waals surface area contributed by atoms with Crippen LogP contribution >= 0.6 is 0 Å². The Labute approximate surface area is 102 Å². The molecule has 0 saturated heterocycles. The van der Waals surface area contributed by atoms with Gasteiger partial charge in [0.05, 0.1) is 6.42 Å². The van der Waals surface area contributed by atoms with Gasteiger partial charge in [0.2, 0.25) is 5.91 Å². The first-order valence-electron chi connectivity index (χ1n) is 6.06. The summed E-state index contributed by atoms with van der Waals surface area (Å²) in [6.45, 7) is 1.67. The van der Waals surface area contributed by atoms with E-state index in [2.05, 4.69) is 11.4 Å². The van der Waals surface area contributed by atoms with Crippen molar-refractivity contribution in [2.75, 3.05) is 30.4 Å². The Morgan fingerprint density at radius 3 is 3.00 bits per heavy atom. The molecule has 1 heterocycles. The number of nitrogens with one attached hydrogen (secondary N) is 1. The van der Waals surface area contributed by atoms with E-state index in [1.54, 1.807) is 4.90 Å².